The molecule has 0 spiro atoms. The van der Waals surface area contributed by atoms with Crippen LogP contribution in [0, 0.1) is 11.3 Å². The summed E-state index contributed by atoms with van der Waals surface area (Å²) in [7, 11) is 0. The predicted octanol–water partition coefficient (Wildman–Crippen LogP) is -3.70. The molecule has 33 N–H and O–H groups in total. The number of H-pyrrole nitrogens is 2. The molecule has 0 unspecified atom stereocenters. The predicted molar refractivity (Wildman–Crippen MR) is 463 cm³/mol. The Labute approximate surface area is 726 Å². The molecule has 0 fully saturated rings. The van der Waals surface area contributed by atoms with Crippen molar-refractivity contribution in [1.82, 2.24) is 94.4 Å². The zero-order chi connectivity index (χ0) is 92.3. The van der Waals surface area contributed by atoms with Crippen molar-refractivity contribution in [3.63, 3.8) is 0 Å². The minimum atomic E-state index is -1.67. The number of amides is 15. The third kappa shape index (κ3) is 47.4. The number of carbonyl (C=O) groups excluding carboxylic acids is 15. The molecule has 0 saturated heterocycles. The first-order valence-corrected chi connectivity index (χ1v) is 43.8. The van der Waals surface area contributed by atoms with E-state index in [0.717, 1.165) is 25.7 Å². The monoisotopic (exact) mass is 1760 g/mol. The lowest BCUT2D eigenvalue weighted by molar-refractivity contribution is -0.136. The van der Waals surface area contributed by atoms with Crippen LogP contribution in [0.25, 0.3) is 0 Å². The van der Waals surface area contributed by atoms with Gasteiger partial charge in [-0.25, -0.2) is 9.97 Å². The lowest BCUT2D eigenvalue weighted by Gasteiger charge is -2.28. The van der Waals surface area contributed by atoms with Crippen molar-refractivity contribution in [2.45, 2.75) is 325 Å². The number of nitrogens with two attached hydrogens (primary N) is 7. The highest BCUT2D eigenvalue weighted by atomic mass is 16.3. The van der Waals surface area contributed by atoms with Crippen LogP contribution in [0.1, 0.15) is 245 Å². The normalized spacial score (nSPS) is 14.4. The third-order valence-corrected chi connectivity index (χ3v) is 20.4. The summed E-state index contributed by atoms with van der Waals surface area (Å²) in [5.74, 6) is -13.9. The highest BCUT2D eigenvalue weighted by molar-refractivity contribution is 6.00. The molecular formula is C81H146N26O17. The number of guanidine groups is 1. The molecule has 2 aromatic rings. The van der Waals surface area contributed by atoms with Crippen molar-refractivity contribution in [2.24, 2.45) is 46.1 Å². The lowest BCUT2D eigenvalue weighted by Crippen LogP contribution is -2.60. The molecule has 43 heteroatoms. The first-order valence-electron chi connectivity index (χ1n) is 43.8. The molecule has 2 rings (SSSR count). The van der Waals surface area contributed by atoms with E-state index in [1.165, 1.54) is 90.3 Å². The van der Waals surface area contributed by atoms with E-state index in [1.807, 2.05) is 0 Å². The molecule has 2 heterocycles. The van der Waals surface area contributed by atoms with Crippen LogP contribution >= 0.6 is 0 Å². The Morgan fingerprint density at radius 2 is 0.742 bits per heavy atom. The molecule has 0 aliphatic carbocycles. The Morgan fingerprint density at radius 1 is 0.387 bits per heavy atom. The first kappa shape index (κ1) is 110. The summed E-state index contributed by atoms with van der Waals surface area (Å²) >= 11 is 0. The van der Waals surface area contributed by atoms with Gasteiger partial charge in [0.15, 0.2) is 5.96 Å². The van der Waals surface area contributed by atoms with E-state index in [1.54, 1.807) is 13.8 Å². The number of aliphatic hydroxyl groups excluding tert-OH is 2. The summed E-state index contributed by atoms with van der Waals surface area (Å²) in [5.41, 5.74) is 40.5. The molecule has 15 amide bonds. The second-order valence-corrected chi connectivity index (χ2v) is 31.8. The van der Waals surface area contributed by atoms with Gasteiger partial charge in [-0.05, 0) is 155 Å². The van der Waals surface area contributed by atoms with E-state index in [0.29, 0.717) is 49.9 Å². The summed E-state index contributed by atoms with van der Waals surface area (Å²) in [6.07, 6.45) is 19.8. The van der Waals surface area contributed by atoms with E-state index in [4.69, 9.17) is 45.5 Å². The van der Waals surface area contributed by atoms with Gasteiger partial charge in [0.25, 0.3) is 0 Å². The molecule has 43 nitrogen and oxygen atoms in total. The summed E-state index contributed by atoms with van der Waals surface area (Å²) in [6, 6.07) is -17.4. The Hall–Kier alpha value is -10.5. The molecule has 0 aliphatic rings. The van der Waals surface area contributed by atoms with Crippen molar-refractivity contribution in [3.05, 3.63) is 36.4 Å². The average Bonchev–Trinajstić information content (AvgIpc) is 0.880. The number of nitrogens with one attached hydrogen (secondary N) is 17. The number of imidazole rings is 2. The van der Waals surface area contributed by atoms with Gasteiger partial charge in [0.2, 0.25) is 88.6 Å². The molecule has 0 aromatic carbocycles. The number of unbranched alkanes of at least 4 members (excludes halogenated alkanes) is 16. The largest absolute Gasteiger partial charge is 0.394 e. The lowest BCUT2D eigenvalue weighted by atomic mass is 10.0. The van der Waals surface area contributed by atoms with Gasteiger partial charge in [0.1, 0.15) is 72.5 Å². The van der Waals surface area contributed by atoms with Crippen LogP contribution in [-0.4, -0.2) is 249 Å². The quantitative estimate of drug-likeness (QED) is 0.0172. The summed E-state index contributed by atoms with van der Waals surface area (Å²) in [4.78, 5) is 222. The minimum Gasteiger partial charge on any atom is -0.394 e. The summed E-state index contributed by atoms with van der Waals surface area (Å²) in [5, 5.41) is 64.4. The number of hydrogen-bond acceptors (Lipinski definition) is 24. The molecular weight excluding hydrogens is 1610 g/mol. The zero-order valence-corrected chi connectivity index (χ0v) is 73.1. The van der Waals surface area contributed by atoms with Gasteiger partial charge in [0, 0.05) is 56.0 Å². The number of rotatable bonds is 71. The highest BCUT2D eigenvalue weighted by Gasteiger charge is 2.37. The number of primary amides is 2. The van der Waals surface area contributed by atoms with E-state index in [2.05, 4.69) is 101 Å². The molecule has 2 aromatic heterocycles. The van der Waals surface area contributed by atoms with E-state index < -0.39 is 199 Å². The zero-order valence-electron chi connectivity index (χ0n) is 73.1. The average molecular weight is 1760 g/mol. The van der Waals surface area contributed by atoms with E-state index in [9.17, 15) is 82.1 Å². The number of aliphatic hydroxyl groups is 2. The Bertz CT molecular complexity index is 3540. The number of hydrogen-bond donors (Lipinski definition) is 26. The summed E-state index contributed by atoms with van der Waals surface area (Å²) in [6.45, 7) is 7.36. The molecule has 0 bridgehead atoms. The molecule has 124 heavy (non-hydrogen) atoms. The number of nitrogens with zero attached hydrogens (tertiary/aromatic N) is 2. The summed E-state index contributed by atoms with van der Waals surface area (Å²) < 4.78 is 0. The smallest absolute Gasteiger partial charge is 0.245 e. The molecule has 702 valence electrons. The molecule has 0 radical (unpaired) electrons. The molecule has 0 saturated carbocycles. The Kier molecular flexibility index (Phi) is 56.8. The second-order valence-electron chi connectivity index (χ2n) is 31.8. The molecule has 13 atom stereocenters. The van der Waals surface area contributed by atoms with Gasteiger partial charge in [-0.3, -0.25) is 77.3 Å². The molecule has 0 aliphatic heterocycles. The maximum atomic E-state index is 14.7. The van der Waals surface area contributed by atoms with Gasteiger partial charge >= 0.3 is 0 Å². The maximum Gasteiger partial charge on any atom is 0.245 e. The van der Waals surface area contributed by atoms with Crippen LogP contribution in [0.5, 0.6) is 0 Å². The van der Waals surface area contributed by atoms with Crippen LogP contribution in [-0.2, 0) is 84.8 Å². The fourth-order valence-corrected chi connectivity index (χ4v) is 13.3. The van der Waals surface area contributed by atoms with Gasteiger partial charge in [-0.2, -0.15) is 0 Å². The fourth-order valence-electron chi connectivity index (χ4n) is 13.3. The van der Waals surface area contributed by atoms with Crippen LogP contribution in [0.15, 0.2) is 25.0 Å². The van der Waals surface area contributed by atoms with E-state index in [-0.39, 0.29) is 122 Å². The van der Waals surface area contributed by atoms with Crippen molar-refractivity contribution in [2.75, 3.05) is 45.9 Å². The van der Waals surface area contributed by atoms with Crippen LogP contribution in [0.4, 0.5) is 0 Å². The standard InChI is InChI=1S/C81H146N26O17/c1-6-7-8-9-10-11-12-13-14-15-16-17-18-33-66(111)97-62(42-53-44-90-48-94-53)79(123)106-64(47-108)80(124)99-55(28-19-23-36-82)71(115)93-46-67(112)98-63(43-54-45-91-49-95-54)78(122)104-60(34-35-65(86)110)75(119)101-57(30-21-25-38-84)73(117)102-59(32-27-40-92-81(88)89)74(118)100-56(29-20-24-37-83)72(116)96-51(4)70(114)105-61(41-50(2)3)77(121)103-58(31-22-26-39-85)76(120)107-68(52(5)109)69(87)113/h44-45,48-52,55-64,68,108-109H,6-43,46-47,82-85H2,1-5H3,(H2,86,110)(H2,87,113)(H,90,94)(H,91,95)(H,93,115)(H,96,116)(H,97,111)(H,98,112)(H,99,124)(H,100,118)(H,101,119)(H,102,117)(H,103,121)(H,104,122)(H,105,114)(H,106,123)(H,107,120)(H4,88,89,92)/t51-,52+,55-,56-,57-,58-,59-,60-,61-,62-,63-,64-,68-/m0/s1. The Balaban J connectivity index is 2.41. The second kappa shape index (κ2) is 64.3. The van der Waals surface area contributed by atoms with Gasteiger partial charge < -0.3 is 135 Å². The third-order valence-electron chi connectivity index (χ3n) is 20.4. The number of carbonyl (C=O) groups is 15. The first-order chi connectivity index (χ1) is 59.2. The highest BCUT2D eigenvalue weighted by Crippen LogP contribution is 2.17. The van der Waals surface area contributed by atoms with Gasteiger partial charge in [-0.15, -0.1) is 0 Å². The van der Waals surface area contributed by atoms with E-state index >= 15 is 0 Å². The van der Waals surface area contributed by atoms with Crippen molar-refractivity contribution in [3.8, 4) is 0 Å². The van der Waals surface area contributed by atoms with Crippen LogP contribution in [0.2, 0.25) is 0 Å². The van der Waals surface area contributed by atoms with Crippen molar-refractivity contribution < 1.29 is 82.1 Å². The maximum absolute atomic E-state index is 14.7. The SMILES string of the molecule is CCCCCCCCCCCCCCCC(=O)N[C@@H](Cc1cnc[nH]1)C(=O)N[C@@H](CO)C(=O)N[C@@H](CCCCN)C(=O)NCC(=O)N[C@@H](Cc1cnc[nH]1)C(=O)N[C@@H](CCC(N)=O)C(=O)N[C@@H](CCCCN)C(=O)N[C@@H](CCCNC(=N)N)C(=O)N[C@@H](CCCCN)C(=O)N[C@@H](C)C(=O)N[C@@H](CC(C)C)C(=O)N[C@@H](CCCCN)C(=O)N[C@H](C(N)=O)[C@@H](C)O. The number of aromatic amines is 2. The van der Waals surface area contributed by atoms with Gasteiger partial charge in [0.05, 0.1) is 31.9 Å². The Morgan fingerprint density at radius 3 is 1.12 bits per heavy atom. The van der Waals surface area contributed by atoms with Crippen LogP contribution < -0.4 is 115 Å². The number of aromatic nitrogens is 4. The van der Waals surface area contributed by atoms with Crippen molar-refractivity contribution >= 4 is 94.6 Å². The van der Waals surface area contributed by atoms with Gasteiger partial charge in [-0.1, -0.05) is 97.8 Å². The fraction of sp³-hybridized carbons (Fsp3) is 0.728. The minimum absolute atomic E-state index is 0.0128. The van der Waals surface area contributed by atoms with Crippen LogP contribution in [0.3, 0.4) is 0 Å². The topological polar surface area (TPSA) is 728 Å². The van der Waals surface area contributed by atoms with Crippen molar-refractivity contribution in [1.29, 1.82) is 5.41 Å².